The molecular weight excluding hydrogens is 248 g/mol. The van der Waals surface area contributed by atoms with Crippen molar-refractivity contribution in [2.45, 2.75) is 52.1 Å². The van der Waals surface area contributed by atoms with Gasteiger partial charge in [0, 0.05) is 18.5 Å². The van der Waals surface area contributed by atoms with Crippen molar-refractivity contribution in [1.29, 1.82) is 0 Å². The third-order valence-electron chi connectivity index (χ3n) is 2.78. The zero-order chi connectivity index (χ0) is 13.1. The lowest BCUT2D eigenvalue weighted by Gasteiger charge is -2.04. The number of nitrogens with zero attached hydrogens (tertiary/aromatic N) is 1. The summed E-state index contributed by atoms with van der Waals surface area (Å²) in [6, 6.07) is 0.421. The third-order valence-corrected chi connectivity index (χ3v) is 3.84. The average molecular weight is 268 g/mol. The Morgan fingerprint density at radius 1 is 1.56 bits per heavy atom. The van der Waals surface area contributed by atoms with Gasteiger partial charge >= 0.3 is 5.97 Å². The van der Waals surface area contributed by atoms with Crippen molar-refractivity contribution in [2.75, 3.05) is 6.61 Å². The minimum absolute atomic E-state index is 0.215. The van der Waals surface area contributed by atoms with E-state index in [0.717, 1.165) is 30.1 Å². The standard InChI is InChI=1S/C13H20N2O2S/c1-4-17-13(16)12-11(9-5-6-9)15-10(18-12)7-14-8(2)3/h8-9,14H,4-7H2,1-3H3. The third kappa shape index (κ3) is 3.29. The smallest absolute Gasteiger partial charge is 0.350 e. The molecule has 0 bridgehead atoms. The van der Waals surface area contributed by atoms with Crippen LogP contribution in [-0.2, 0) is 11.3 Å². The van der Waals surface area contributed by atoms with Gasteiger partial charge in [0.05, 0.1) is 12.3 Å². The molecule has 1 aromatic rings. The molecule has 5 heteroatoms. The molecule has 0 aromatic carbocycles. The topological polar surface area (TPSA) is 51.2 Å². The number of thiazole rings is 1. The van der Waals surface area contributed by atoms with Gasteiger partial charge in [-0.15, -0.1) is 11.3 Å². The highest BCUT2D eigenvalue weighted by atomic mass is 32.1. The van der Waals surface area contributed by atoms with E-state index in [-0.39, 0.29) is 5.97 Å². The first kappa shape index (κ1) is 13.5. The molecule has 1 N–H and O–H groups in total. The molecule has 1 heterocycles. The highest BCUT2D eigenvalue weighted by Gasteiger charge is 2.32. The quantitative estimate of drug-likeness (QED) is 0.806. The van der Waals surface area contributed by atoms with Crippen LogP contribution in [0.15, 0.2) is 0 Å². The Hall–Kier alpha value is -0.940. The number of aromatic nitrogens is 1. The molecular formula is C13H20N2O2S. The van der Waals surface area contributed by atoms with E-state index in [0.29, 0.717) is 23.4 Å². The van der Waals surface area contributed by atoms with E-state index < -0.39 is 0 Å². The normalized spacial score (nSPS) is 15.1. The monoisotopic (exact) mass is 268 g/mol. The molecule has 100 valence electrons. The number of ether oxygens (including phenoxy) is 1. The summed E-state index contributed by atoms with van der Waals surface area (Å²) in [4.78, 5) is 17.2. The summed E-state index contributed by atoms with van der Waals surface area (Å²) in [6.45, 7) is 7.17. The highest BCUT2D eigenvalue weighted by Crippen LogP contribution is 2.42. The van der Waals surface area contributed by atoms with Gasteiger partial charge in [0.1, 0.15) is 9.88 Å². The Morgan fingerprint density at radius 3 is 2.83 bits per heavy atom. The zero-order valence-electron chi connectivity index (χ0n) is 11.2. The Morgan fingerprint density at radius 2 is 2.28 bits per heavy atom. The molecule has 1 aliphatic rings. The van der Waals surface area contributed by atoms with Gasteiger partial charge in [-0.05, 0) is 19.8 Å². The van der Waals surface area contributed by atoms with Crippen molar-refractivity contribution in [3.05, 3.63) is 15.6 Å². The van der Waals surface area contributed by atoms with Crippen LogP contribution in [0.5, 0.6) is 0 Å². The molecule has 1 aliphatic carbocycles. The van der Waals surface area contributed by atoms with E-state index in [1.165, 1.54) is 11.3 Å². The van der Waals surface area contributed by atoms with E-state index in [1.54, 1.807) is 0 Å². The van der Waals surface area contributed by atoms with Gasteiger partial charge < -0.3 is 10.1 Å². The maximum absolute atomic E-state index is 11.9. The first-order valence-electron chi connectivity index (χ1n) is 6.52. The Balaban J connectivity index is 2.13. The van der Waals surface area contributed by atoms with Crippen molar-refractivity contribution < 1.29 is 9.53 Å². The molecule has 1 fully saturated rings. The first-order valence-corrected chi connectivity index (χ1v) is 7.33. The first-order chi connectivity index (χ1) is 8.61. The number of hydrogen-bond acceptors (Lipinski definition) is 5. The van der Waals surface area contributed by atoms with Crippen molar-refractivity contribution in [1.82, 2.24) is 10.3 Å². The Kier molecular flexibility index (Phi) is 4.35. The van der Waals surface area contributed by atoms with Crippen molar-refractivity contribution in [3.63, 3.8) is 0 Å². The van der Waals surface area contributed by atoms with E-state index in [2.05, 4.69) is 24.1 Å². The lowest BCUT2D eigenvalue weighted by Crippen LogP contribution is -2.21. The maximum Gasteiger partial charge on any atom is 0.350 e. The molecule has 2 rings (SSSR count). The van der Waals surface area contributed by atoms with Gasteiger partial charge in [-0.3, -0.25) is 0 Å². The summed E-state index contributed by atoms with van der Waals surface area (Å²) in [5, 5.41) is 4.31. The predicted molar refractivity (Wildman–Crippen MR) is 72.0 cm³/mol. The number of carbonyl (C=O) groups excluding carboxylic acids is 1. The highest BCUT2D eigenvalue weighted by molar-refractivity contribution is 7.13. The second-order valence-corrected chi connectivity index (χ2v) is 5.94. The molecule has 1 aromatic heterocycles. The van der Waals surface area contributed by atoms with Gasteiger partial charge in [-0.1, -0.05) is 13.8 Å². The number of hydrogen-bond donors (Lipinski definition) is 1. The van der Waals surface area contributed by atoms with E-state index >= 15 is 0 Å². The van der Waals surface area contributed by atoms with Crippen LogP contribution in [0.25, 0.3) is 0 Å². The second-order valence-electron chi connectivity index (χ2n) is 4.85. The van der Waals surface area contributed by atoms with Crippen LogP contribution in [0.2, 0.25) is 0 Å². The van der Waals surface area contributed by atoms with Crippen LogP contribution in [0.4, 0.5) is 0 Å². The SMILES string of the molecule is CCOC(=O)c1sc(CNC(C)C)nc1C1CC1. The van der Waals surface area contributed by atoms with E-state index in [9.17, 15) is 4.79 Å². The fourth-order valence-electron chi connectivity index (χ4n) is 1.72. The lowest BCUT2D eigenvalue weighted by atomic mass is 10.2. The molecule has 1 saturated carbocycles. The Labute approximate surface area is 112 Å². The molecule has 0 unspecified atom stereocenters. The molecule has 18 heavy (non-hydrogen) atoms. The molecule has 0 amide bonds. The molecule has 0 atom stereocenters. The van der Waals surface area contributed by atoms with Gasteiger partial charge in [0.25, 0.3) is 0 Å². The maximum atomic E-state index is 11.9. The fraction of sp³-hybridized carbons (Fsp3) is 0.692. The molecule has 4 nitrogen and oxygen atoms in total. The number of carbonyl (C=O) groups is 1. The summed E-state index contributed by atoms with van der Waals surface area (Å²) < 4.78 is 5.10. The van der Waals surface area contributed by atoms with Gasteiger partial charge in [0.15, 0.2) is 0 Å². The molecule has 0 aliphatic heterocycles. The largest absolute Gasteiger partial charge is 0.462 e. The molecule has 0 spiro atoms. The van der Waals surface area contributed by atoms with E-state index in [4.69, 9.17) is 4.74 Å². The fourth-order valence-corrected chi connectivity index (χ4v) is 2.72. The summed E-state index contributed by atoms with van der Waals surface area (Å²) in [5.41, 5.74) is 0.957. The number of esters is 1. The van der Waals surface area contributed by atoms with Crippen molar-refractivity contribution >= 4 is 17.3 Å². The van der Waals surface area contributed by atoms with Crippen molar-refractivity contribution in [3.8, 4) is 0 Å². The van der Waals surface area contributed by atoms with Crippen LogP contribution in [0, 0.1) is 0 Å². The minimum Gasteiger partial charge on any atom is -0.462 e. The van der Waals surface area contributed by atoms with E-state index in [1.807, 2.05) is 6.92 Å². The minimum atomic E-state index is -0.215. The van der Waals surface area contributed by atoms with Crippen LogP contribution in [0.1, 0.15) is 59.9 Å². The van der Waals surface area contributed by atoms with Gasteiger partial charge in [-0.25, -0.2) is 9.78 Å². The lowest BCUT2D eigenvalue weighted by molar-refractivity contribution is 0.0530. The summed E-state index contributed by atoms with van der Waals surface area (Å²) in [6.07, 6.45) is 2.29. The van der Waals surface area contributed by atoms with Gasteiger partial charge in [-0.2, -0.15) is 0 Å². The average Bonchev–Trinajstić information content (AvgIpc) is 3.07. The van der Waals surface area contributed by atoms with Crippen LogP contribution < -0.4 is 5.32 Å². The van der Waals surface area contributed by atoms with Crippen LogP contribution >= 0.6 is 11.3 Å². The summed E-state index contributed by atoms with van der Waals surface area (Å²) in [5.74, 6) is 0.265. The van der Waals surface area contributed by atoms with Crippen molar-refractivity contribution in [2.24, 2.45) is 0 Å². The zero-order valence-corrected chi connectivity index (χ0v) is 12.0. The number of rotatable bonds is 6. The molecule has 0 saturated heterocycles. The van der Waals surface area contributed by atoms with Crippen LogP contribution in [0.3, 0.4) is 0 Å². The molecule has 0 radical (unpaired) electrons. The van der Waals surface area contributed by atoms with Gasteiger partial charge in [0.2, 0.25) is 0 Å². The second kappa shape index (κ2) is 5.80. The summed E-state index contributed by atoms with van der Waals surface area (Å²) in [7, 11) is 0. The predicted octanol–water partition coefficient (Wildman–Crippen LogP) is 2.70. The Bertz CT molecular complexity index is 425. The number of nitrogens with one attached hydrogen (secondary N) is 1. The summed E-state index contributed by atoms with van der Waals surface area (Å²) >= 11 is 1.47. The van der Waals surface area contributed by atoms with Crippen LogP contribution in [-0.4, -0.2) is 23.6 Å².